The summed E-state index contributed by atoms with van der Waals surface area (Å²) in [5, 5.41) is 6.01. The first-order chi connectivity index (χ1) is 12.5. The van der Waals surface area contributed by atoms with Gasteiger partial charge in [-0.05, 0) is 24.3 Å². The number of ether oxygens (including phenoxy) is 1. The molecule has 9 heteroatoms. The lowest BCUT2D eigenvalue weighted by molar-refractivity contribution is -0.137. The van der Waals surface area contributed by atoms with Gasteiger partial charge in [-0.2, -0.15) is 18.2 Å². The van der Waals surface area contributed by atoms with Crippen molar-refractivity contribution in [1.29, 1.82) is 0 Å². The molecular formula is C17H20F3N5O. The number of rotatable bonds is 6. The maximum atomic E-state index is 12.8. The maximum absolute atomic E-state index is 12.8. The topological polar surface area (TPSA) is 62.3 Å². The Morgan fingerprint density at radius 3 is 2.73 bits per heavy atom. The molecule has 1 aromatic heterocycles. The molecule has 1 fully saturated rings. The fourth-order valence-electron chi connectivity index (χ4n) is 2.59. The van der Waals surface area contributed by atoms with Gasteiger partial charge in [0, 0.05) is 38.1 Å². The minimum Gasteiger partial charge on any atom is -0.379 e. The van der Waals surface area contributed by atoms with Crippen LogP contribution in [0.1, 0.15) is 5.56 Å². The lowest BCUT2D eigenvalue weighted by Gasteiger charge is -2.26. The lowest BCUT2D eigenvalue weighted by Crippen LogP contribution is -2.39. The molecule has 0 spiro atoms. The number of morpholine rings is 1. The van der Waals surface area contributed by atoms with Crippen LogP contribution in [0.4, 0.5) is 30.6 Å². The van der Waals surface area contributed by atoms with Crippen LogP contribution < -0.4 is 10.6 Å². The SMILES string of the molecule is FC(F)(F)c1cccc(Nc2nccc(NCCN3CCOCC3)n2)c1. The lowest BCUT2D eigenvalue weighted by atomic mass is 10.2. The molecular weight excluding hydrogens is 347 g/mol. The Kier molecular flexibility index (Phi) is 5.89. The largest absolute Gasteiger partial charge is 0.416 e. The van der Waals surface area contributed by atoms with Crippen molar-refractivity contribution >= 4 is 17.5 Å². The molecule has 1 aliphatic heterocycles. The number of benzene rings is 1. The molecule has 2 N–H and O–H groups in total. The van der Waals surface area contributed by atoms with E-state index >= 15 is 0 Å². The predicted octanol–water partition coefficient (Wildman–Crippen LogP) is 2.98. The van der Waals surface area contributed by atoms with Crippen molar-refractivity contribution in [3.8, 4) is 0 Å². The average molecular weight is 367 g/mol. The van der Waals surface area contributed by atoms with Crippen LogP contribution in [0, 0.1) is 0 Å². The van der Waals surface area contributed by atoms with E-state index in [1.165, 1.54) is 12.1 Å². The second-order valence-corrected chi connectivity index (χ2v) is 5.85. The number of aromatic nitrogens is 2. The summed E-state index contributed by atoms with van der Waals surface area (Å²) in [5.74, 6) is 0.850. The molecule has 3 rings (SSSR count). The standard InChI is InChI=1S/C17H20F3N5O/c18-17(19,20)13-2-1-3-14(12-13)23-16-22-5-4-15(24-16)21-6-7-25-8-10-26-11-9-25/h1-5,12H,6-11H2,(H2,21,22,23,24). The molecule has 140 valence electrons. The molecule has 26 heavy (non-hydrogen) atoms. The zero-order valence-corrected chi connectivity index (χ0v) is 14.1. The Balaban J connectivity index is 1.57. The minimum atomic E-state index is -4.39. The van der Waals surface area contributed by atoms with Crippen molar-refractivity contribution in [3.05, 3.63) is 42.1 Å². The first kappa shape index (κ1) is 18.4. The van der Waals surface area contributed by atoms with Crippen LogP contribution in [-0.2, 0) is 10.9 Å². The summed E-state index contributed by atoms with van der Waals surface area (Å²) in [5.41, 5.74) is -0.437. The van der Waals surface area contributed by atoms with E-state index in [-0.39, 0.29) is 11.6 Å². The molecule has 1 aliphatic rings. The van der Waals surface area contributed by atoms with Crippen LogP contribution in [0.3, 0.4) is 0 Å². The second-order valence-electron chi connectivity index (χ2n) is 5.85. The third-order valence-electron chi connectivity index (χ3n) is 3.94. The number of hydrogen-bond donors (Lipinski definition) is 2. The van der Waals surface area contributed by atoms with Gasteiger partial charge in [0.25, 0.3) is 0 Å². The van der Waals surface area contributed by atoms with Gasteiger partial charge in [-0.1, -0.05) is 6.07 Å². The van der Waals surface area contributed by atoms with Gasteiger partial charge in [-0.15, -0.1) is 0 Å². The van der Waals surface area contributed by atoms with E-state index in [4.69, 9.17) is 4.74 Å². The highest BCUT2D eigenvalue weighted by atomic mass is 19.4. The Hall–Kier alpha value is -2.39. The molecule has 6 nitrogen and oxygen atoms in total. The summed E-state index contributed by atoms with van der Waals surface area (Å²) in [4.78, 5) is 10.6. The normalized spacial score (nSPS) is 15.7. The van der Waals surface area contributed by atoms with Gasteiger partial charge < -0.3 is 15.4 Å². The van der Waals surface area contributed by atoms with Crippen molar-refractivity contribution in [1.82, 2.24) is 14.9 Å². The van der Waals surface area contributed by atoms with Crippen molar-refractivity contribution in [3.63, 3.8) is 0 Å². The van der Waals surface area contributed by atoms with Gasteiger partial charge in [0.1, 0.15) is 5.82 Å². The number of hydrogen-bond acceptors (Lipinski definition) is 6. The van der Waals surface area contributed by atoms with Gasteiger partial charge >= 0.3 is 6.18 Å². The number of nitrogens with zero attached hydrogens (tertiary/aromatic N) is 3. The first-order valence-corrected chi connectivity index (χ1v) is 8.32. The molecule has 0 amide bonds. The molecule has 0 radical (unpaired) electrons. The van der Waals surface area contributed by atoms with Crippen LogP contribution >= 0.6 is 0 Å². The predicted molar refractivity (Wildman–Crippen MR) is 92.5 cm³/mol. The highest BCUT2D eigenvalue weighted by Crippen LogP contribution is 2.31. The van der Waals surface area contributed by atoms with Gasteiger partial charge in [0.15, 0.2) is 0 Å². The van der Waals surface area contributed by atoms with Gasteiger partial charge in [-0.3, -0.25) is 4.90 Å². The van der Waals surface area contributed by atoms with Crippen molar-refractivity contribution < 1.29 is 17.9 Å². The van der Waals surface area contributed by atoms with E-state index in [2.05, 4.69) is 25.5 Å². The smallest absolute Gasteiger partial charge is 0.379 e. The van der Waals surface area contributed by atoms with Crippen LogP contribution in [0.25, 0.3) is 0 Å². The third-order valence-corrected chi connectivity index (χ3v) is 3.94. The molecule has 1 saturated heterocycles. The van der Waals surface area contributed by atoms with Crippen molar-refractivity contribution in [2.75, 3.05) is 50.0 Å². The van der Waals surface area contributed by atoms with E-state index in [1.807, 2.05) is 0 Å². The van der Waals surface area contributed by atoms with E-state index in [1.54, 1.807) is 12.3 Å². The minimum absolute atomic E-state index is 0.237. The Bertz CT molecular complexity index is 720. The summed E-state index contributed by atoms with van der Waals surface area (Å²) >= 11 is 0. The monoisotopic (exact) mass is 367 g/mol. The van der Waals surface area contributed by atoms with Crippen molar-refractivity contribution in [2.24, 2.45) is 0 Å². The molecule has 0 unspecified atom stereocenters. The Labute approximate surface area is 149 Å². The molecule has 0 saturated carbocycles. The molecule has 0 atom stereocenters. The number of alkyl halides is 3. The average Bonchev–Trinajstić information content (AvgIpc) is 2.63. The van der Waals surface area contributed by atoms with E-state index < -0.39 is 11.7 Å². The van der Waals surface area contributed by atoms with Gasteiger partial charge in [0.2, 0.25) is 5.95 Å². The molecule has 2 aromatic rings. The highest BCUT2D eigenvalue weighted by Gasteiger charge is 2.30. The fraction of sp³-hybridized carbons (Fsp3) is 0.412. The molecule has 0 aliphatic carbocycles. The summed E-state index contributed by atoms with van der Waals surface area (Å²) < 4.78 is 43.7. The highest BCUT2D eigenvalue weighted by molar-refractivity contribution is 5.56. The van der Waals surface area contributed by atoms with E-state index in [9.17, 15) is 13.2 Å². The van der Waals surface area contributed by atoms with Gasteiger partial charge in [0.05, 0.1) is 18.8 Å². The third kappa shape index (κ3) is 5.30. The summed E-state index contributed by atoms with van der Waals surface area (Å²) in [7, 11) is 0. The zero-order valence-electron chi connectivity index (χ0n) is 14.1. The van der Waals surface area contributed by atoms with Crippen LogP contribution in [0.15, 0.2) is 36.5 Å². The van der Waals surface area contributed by atoms with Gasteiger partial charge in [-0.25, -0.2) is 4.98 Å². The zero-order chi connectivity index (χ0) is 18.4. The first-order valence-electron chi connectivity index (χ1n) is 8.32. The maximum Gasteiger partial charge on any atom is 0.416 e. The van der Waals surface area contributed by atoms with Crippen LogP contribution in [-0.4, -0.2) is 54.3 Å². The number of anilines is 3. The number of nitrogens with one attached hydrogen (secondary N) is 2. The summed E-state index contributed by atoms with van der Waals surface area (Å²) in [6.07, 6.45) is -2.83. The van der Waals surface area contributed by atoms with E-state index in [0.717, 1.165) is 45.0 Å². The summed E-state index contributed by atoms with van der Waals surface area (Å²) in [6.45, 7) is 4.89. The van der Waals surface area contributed by atoms with Crippen LogP contribution in [0.5, 0.6) is 0 Å². The Morgan fingerprint density at radius 1 is 1.15 bits per heavy atom. The van der Waals surface area contributed by atoms with Crippen LogP contribution in [0.2, 0.25) is 0 Å². The molecule has 1 aromatic carbocycles. The molecule has 2 heterocycles. The second kappa shape index (κ2) is 8.33. The quantitative estimate of drug-likeness (QED) is 0.819. The molecule has 0 bridgehead atoms. The fourth-order valence-corrected chi connectivity index (χ4v) is 2.59. The number of halogens is 3. The summed E-state index contributed by atoms with van der Waals surface area (Å²) in [6, 6.07) is 6.65. The van der Waals surface area contributed by atoms with Crippen molar-refractivity contribution in [2.45, 2.75) is 6.18 Å². The Morgan fingerprint density at radius 2 is 1.96 bits per heavy atom. The van der Waals surface area contributed by atoms with E-state index in [0.29, 0.717) is 12.4 Å².